The quantitative estimate of drug-likeness (QED) is 0.765. The second-order valence-electron chi connectivity index (χ2n) is 5.78. The number of benzene rings is 2. The molecule has 0 radical (unpaired) electrons. The molecule has 1 fully saturated rings. The van der Waals surface area contributed by atoms with Crippen molar-refractivity contribution in [1.82, 2.24) is 5.32 Å². The Morgan fingerprint density at radius 2 is 1.86 bits per heavy atom. The van der Waals surface area contributed by atoms with Crippen LogP contribution in [0.2, 0.25) is 5.02 Å². The normalized spacial score (nSPS) is 22.2. The lowest BCUT2D eigenvalue weighted by molar-refractivity contribution is 0.404. The van der Waals surface area contributed by atoms with E-state index in [9.17, 15) is 0 Å². The summed E-state index contributed by atoms with van der Waals surface area (Å²) in [5.41, 5.74) is 3.98. The van der Waals surface area contributed by atoms with Gasteiger partial charge in [0.05, 0.1) is 0 Å². The van der Waals surface area contributed by atoms with E-state index in [1.807, 2.05) is 6.07 Å². The molecule has 0 bridgehead atoms. The van der Waals surface area contributed by atoms with Crippen molar-refractivity contribution < 1.29 is 0 Å². The monoisotopic (exact) mass is 363 g/mol. The zero-order valence-corrected chi connectivity index (χ0v) is 14.4. The fourth-order valence-electron chi connectivity index (χ4n) is 3.20. The number of halogens is 2. The molecular weight excluding hydrogens is 346 g/mol. The Kier molecular flexibility index (Phi) is 4.68. The van der Waals surface area contributed by atoms with E-state index >= 15 is 0 Å². The molecule has 2 aromatic rings. The molecule has 2 atom stereocenters. The van der Waals surface area contributed by atoms with Crippen LogP contribution in [0.4, 0.5) is 0 Å². The van der Waals surface area contributed by atoms with E-state index in [1.54, 1.807) is 0 Å². The van der Waals surface area contributed by atoms with Gasteiger partial charge in [0.25, 0.3) is 0 Å². The van der Waals surface area contributed by atoms with Crippen molar-refractivity contribution in [3.8, 4) is 0 Å². The van der Waals surface area contributed by atoms with Gasteiger partial charge in [-0.2, -0.15) is 0 Å². The van der Waals surface area contributed by atoms with Gasteiger partial charge in [-0.15, -0.1) is 0 Å². The van der Waals surface area contributed by atoms with Crippen LogP contribution < -0.4 is 5.32 Å². The predicted molar refractivity (Wildman–Crippen MR) is 93.3 cm³/mol. The highest BCUT2D eigenvalue weighted by atomic mass is 79.9. The molecule has 1 aliphatic heterocycles. The maximum Gasteiger partial charge on any atom is 0.0452 e. The molecule has 0 saturated carbocycles. The average Bonchev–Trinajstić information content (AvgIpc) is 2.48. The molecule has 0 aromatic heterocycles. The van der Waals surface area contributed by atoms with Gasteiger partial charge in [0.2, 0.25) is 0 Å². The Bertz CT molecular complexity index is 624. The van der Waals surface area contributed by atoms with Crippen LogP contribution >= 0.6 is 27.5 Å². The molecule has 0 amide bonds. The zero-order valence-electron chi connectivity index (χ0n) is 12.1. The molecule has 1 nitrogen and oxygen atoms in total. The summed E-state index contributed by atoms with van der Waals surface area (Å²) in [6.07, 6.45) is 1.12. The van der Waals surface area contributed by atoms with Gasteiger partial charge in [-0.05, 0) is 49.1 Å². The summed E-state index contributed by atoms with van der Waals surface area (Å²) in [6.45, 7) is 4.20. The maximum atomic E-state index is 6.49. The SMILES string of the molecule is Cc1ccc(C2CNCCC2c2ccc(Br)cc2Cl)cc1. The number of rotatable bonds is 2. The van der Waals surface area contributed by atoms with Crippen LogP contribution in [0.1, 0.15) is 34.9 Å². The number of hydrogen-bond donors (Lipinski definition) is 1. The van der Waals surface area contributed by atoms with E-state index in [2.05, 4.69) is 64.6 Å². The van der Waals surface area contributed by atoms with Crippen molar-refractivity contribution in [2.24, 2.45) is 0 Å². The Balaban J connectivity index is 1.96. The summed E-state index contributed by atoms with van der Waals surface area (Å²) in [7, 11) is 0. The van der Waals surface area contributed by atoms with Crippen molar-refractivity contribution in [2.75, 3.05) is 13.1 Å². The third-order valence-electron chi connectivity index (χ3n) is 4.35. The Hall–Kier alpha value is -0.830. The molecule has 21 heavy (non-hydrogen) atoms. The summed E-state index contributed by atoms with van der Waals surface area (Å²) >= 11 is 9.98. The van der Waals surface area contributed by atoms with Crippen LogP contribution in [0, 0.1) is 6.92 Å². The van der Waals surface area contributed by atoms with Crippen LogP contribution in [0.5, 0.6) is 0 Å². The summed E-state index contributed by atoms with van der Waals surface area (Å²) in [6, 6.07) is 15.2. The molecule has 1 heterocycles. The fourth-order valence-corrected chi connectivity index (χ4v) is 4.01. The Labute approximate surface area is 139 Å². The summed E-state index contributed by atoms with van der Waals surface area (Å²) in [5, 5.41) is 4.40. The fraction of sp³-hybridized carbons (Fsp3) is 0.333. The third kappa shape index (κ3) is 3.33. The minimum absolute atomic E-state index is 0.481. The van der Waals surface area contributed by atoms with Crippen molar-refractivity contribution in [3.05, 3.63) is 68.7 Å². The first-order valence-electron chi connectivity index (χ1n) is 7.37. The van der Waals surface area contributed by atoms with Gasteiger partial charge < -0.3 is 5.32 Å². The molecule has 3 rings (SSSR count). The van der Waals surface area contributed by atoms with E-state index in [1.165, 1.54) is 16.7 Å². The maximum absolute atomic E-state index is 6.49. The Morgan fingerprint density at radius 1 is 1.10 bits per heavy atom. The predicted octanol–water partition coefficient (Wildman–Crippen LogP) is 5.27. The molecule has 0 spiro atoms. The first-order valence-corrected chi connectivity index (χ1v) is 8.54. The van der Waals surface area contributed by atoms with Crippen molar-refractivity contribution in [2.45, 2.75) is 25.2 Å². The summed E-state index contributed by atoms with van der Waals surface area (Å²) in [5.74, 6) is 0.965. The highest BCUT2D eigenvalue weighted by Gasteiger charge is 2.29. The van der Waals surface area contributed by atoms with Crippen LogP contribution in [-0.4, -0.2) is 13.1 Å². The Morgan fingerprint density at radius 3 is 2.57 bits per heavy atom. The highest BCUT2D eigenvalue weighted by molar-refractivity contribution is 9.10. The summed E-state index contributed by atoms with van der Waals surface area (Å²) < 4.78 is 1.04. The van der Waals surface area contributed by atoms with Gasteiger partial charge in [-0.3, -0.25) is 0 Å². The number of nitrogens with one attached hydrogen (secondary N) is 1. The van der Waals surface area contributed by atoms with E-state index in [-0.39, 0.29) is 0 Å². The molecule has 2 unspecified atom stereocenters. The standard InChI is InChI=1S/C18H19BrClN/c1-12-2-4-13(5-3-12)17-11-21-9-8-15(17)16-7-6-14(19)10-18(16)20/h2-7,10,15,17,21H,8-9,11H2,1H3. The molecule has 0 aliphatic carbocycles. The van der Waals surface area contributed by atoms with Gasteiger partial charge in [-0.1, -0.05) is 63.4 Å². The largest absolute Gasteiger partial charge is 0.316 e. The molecule has 1 aliphatic rings. The summed E-state index contributed by atoms with van der Waals surface area (Å²) in [4.78, 5) is 0. The second-order valence-corrected chi connectivity index (χ2v) is 7.11. The van der Waals surface area contributed by atoms with Gasteiger partial charge in [0.1, 0.15) is 0 Å². The lowest BCUT2D eigenvalue weighted by Crippen LogP contribution is -2.34. The van der Waals surface area contributed by atoms with Gasteiger partial charge in [0, 0.05) is 22.0 Å². The van der Waals surface area contributed by atoms with Crippen molar-refractivity contribution >= 4 is 27.5 Å². The molecular formula is C18H19BrClN. The average molecular weight is 365 g/mol. The van der Waals surface area contributed by atoms with Crippen molar-refractivity contribution in [3.63, 3.8) is 0 Å². The second kappa shape index (κ2) is 6.51. The molecule has 110 valence electrons. The topological polar surface area (TPSA) is 12.0 Å². The van der Waals surface area contributed by atoms with E-state index < -0.39 is 0 Å². The smallest absolute Gasteiger partial charge is 0.0452 e. The minimum atomic E-state index is 0.481. The number of hydrogen-bond acceptors (Lipinski definition) is 1. The lowest BCUT2D eigenvalue weighted by Gasteiger charge is -2.33. The van der Waals surface area contributed by atoms with E-state index in [4.69, 9.17) is 11.6 Å². The highest BCUT2D eigenvalue weighted by Crippen LogP contribution is 2.40. The zero-order chi connectivity index (χ0) is 14.8. The first kappa shape index (κ1) is 15.1. The molecule has 1 N–H and O–H groups in total. The van der Waals surface area contributed by atoms with E-state index in [0.29, 0.717) is 11.8 Å². The van der Waals surface area contributed by atoms with Crippen molar-refractivity contribution in [1.29, 1.82) is 0 Å². The van der Waals surface area contributed by atoms with Crippen LogP contribution in [-0.2, 0) is 0 Å². The molecule has 1 saturated heterocycles. The third-order valence-corrected chi connectivity index (χ3v) is 5.17. The van der Waals surface area contributed by atoms with Crippen LogP contribution in [0.3, 0.4) is 0 Å². The minimum Gasteiger partial charge on any atom is -0.316 e. The van der Waals surface area contributed by atoms with Gasteiger partial charge in [-0.25, -0.2) is 0 Å². The van der Waals surface area contributed by atoms with Crippen LogP contribution in [0.25, 0.3) is 0 Å². The van der Waals surface area contributed by atoms with Gasteiger partial charge >= 0.3 is 0 Å². The first-order chi connectivity index (χ1) is 10.1. The van der Waals surface area contributed by atoms with Gasteiger partial charge in [0.15, 0.2) is 0 Å². The lowest BCUT2D eigenvalue weighted by atomic mass is 9.77. The van der Waals surface area contributed by atoms with Crippen LogP contribution in [0.15, 0.2) is 46.9 Å². The molecule has 3 heteroatoms. The van der Waals surface area contributed by atoms with E-state index in [0.717, 1.165) is 29.0 Å². The number of aryl methyl sites for hydroxylation is 1. The molecule has 2 aromatic carbocycles. The number of piperidine rings is 1.